The summed E-state index contributed by atoms with van der Waals surface area (Å²) in [5.74, 6) is -0.362. The van der Waals surface area contributed by atoms with Crippen molar-refractivity contribution in [2.24, 2.45) is 0 Å². The van der Waals surface area contributed by atoms with Crippen LogP contribution >= 0.6 is 0 Å². The van der Waals surface area contributed by atoms with E-state index >= 15 is 0 Å². The lowest BCUT2D eigenvalue weighted by Gasteiger charge is -2.19. The Bertz CT molecular complexity index is 807. The predicted molar refractivity (Wildman–Crippen MR) is 80.3 cm³/mol. The molecule has 0 radical (unpaired) electrons. The zero-order chi connectivity index (χ0) is 15.5. The maximum atomic E-state index is 13.9. The summed E-state index contributed by atoms with van der Waals surface area (Å²) in [5.41, 5.74) is 1.46. The predicted octanol–water partition coefficient (Wildman–Crippen LogP) is 3.87. The quantitative estimate of drug-likeness (QED) is 0.794. The van der Waals surface area contributed by atoms with Crippen molar-refractivity contribution in [2.75, 3.05) is 5.32 Å². The van der Waals surface area contributed by atoms with Gasteiger partial charge in [-0.3, -0.25) is 4.98 Å². The maximum absolute atomic E-state index is 13.9. The van der Waals surface area contributed by atoms with E-state index in [-0.39, 0.29) is 11.6 Å². The van der Waals surface area contributed by atoms with E-state index in [1.807, 2.05) is 6.92 Å². The van der Waals surface area contributed by atoms with Gasteiger partial charge < -0.3 is 5.32 Å². The fraction of sp³-hybridized carbons (Fsp3) is 0.188. The molecule has 1 aromatic carbocycles. The van der Waals surface area contributed by atoms with Crippen LogP contribution in [0.1, 0.15) is 24.9 Å². The summed E-state index contributed by atoms with van der Waals surface area (Å²) in [6.45, 7) is 1.89. The summed E-state index contributed by atoms with van der Waals surface area (Å²) in [5, 5.41) is 3.12. The van der Waals surface area contributed by atoms with Gasteiger partial charge in [-0.2, -0.15) is 0 Å². The molecule has 0 fully saturated rings. The second-order valence-electron chi connectivity index (χ2n) is 4.87. The highest BCUT2D eigenvalue weighted by atomic mass is 19.1. The van der Waals surface area contributed by atoms with Gasteiger partial charge in [-0.15, -0.1) is 0 Å². The number of nitrogens with one attached hydrogen (secondary N) is 1. The summed E-state index contributed by atoms with van der Waals surface area (Å²) >= 11 is 0. The Kier molecular flexibility index (Phi) is 3.91. The first-order valence-corrected chi connectivity index (χ1v) is 6.96. The van der Waals surface area contributed by atoms with E-state index in [1.165, 1.54) is 6.07 Å². The molecule has 0 aliphatic heterocycles. The first-order chi connectivity index (χ1) is 10.7. The zero-order valence-electron chi connectivity index (χ0n) is 11.9. The van der Waals surface area contributed by atoms with Gasteiger partial charge in [-0.05, 0) is 36.8 Å². The number of nitrogens with zero attached hydrogens (tertiary/aromatic N) is 3. The van der Waals surface area contributed by atoms with Crippen LogP contribution in [0.15, 0.2) is 42.7 Å². The normalized spacial score (nSPS) is 12.3. The van der Waals surface area contributed by atoms with Gasteiger partial charge in [0, 0.05) is 18.0 Å². The first-order valence-electron chi connectivity index (χ1n) is 6.96. The smallest absolute Gasteiger partial charge is 0.180 e. The summed E-state index contributed by atoms with van der Waals surface area (Å²) < 4.78 is 27.3. The SMILES string of the molecule is CCC(Nc1ccc2nccnc2n1)c1cc(F)ccc1F. The number of aromatic nitrogens is 3. The van der Waals surface area contributed by atoms with Gasteiger partial charge in [0.15, 0.2) is 5.65 Å². The summed E-state index contributed by atoms with van der Waals surface area (Å²) in [4.78, 5) is 12.6. The van der Waals surface area contributed by atoms with Crippen molar-refractivity contribution in [3.05, 3.63) is 59.9 Å². The third-order valence-corrected chi connectivity index (χ3v) is 3.40. The molecule has 0 bridgehead atoms. The van der Waals surface area contributed by atoms with Crippen LogP contribution in [0, 0.1) is 11.6 Å². The molecule has 0 spiro atoms. The highest BCUT2D eigenvalue weighted by Crippen LogP contribution is 2.25. The van der Waals surface area contributed by atoms with Gasteiger partial charge in [0.05, 0.1) is 6.04 Å². The van der Waals surface area contributed by atoms with E-state index in [4.69, 9.17) is 0 Å². The number of anilines is 1. The highest BCUT2D eigenvalue weighted by Gasteiger charge is 2.15. The Morgan fingerprint density at radius 3 is 2.73 bits per heavy atom. The molecule has 1 unspecified atom stereocenters. The lowest BCUT2D eigenvalue weighted by molar-refractivity contribution is 0.566. The van der Waals surface area contributed by atoms with Gasteiger partial charge in [0.1, 0.15) is 23.0 Å². The molecule has 1 atom stereocenters. The topological polar surface area (TPSA) is 50.7 Å². The molecule has 0 aliphatic carbocycles. The van der Waals surface area contributed by atoms with Crippen LogP contribution in [0.3, 0.4) is 0 Å². The molecule has 3 aromatic rings. The van der Waals surface area contributed by atoms with Crippen LogP contribution in [0.5, 0.6) is 0 Å². The van der Waals surface area contributed by atoms with Gasteiger partial charge in [-0.25, -0.2) is 18.7 Å². The van der Waals surface area contributed by atoms with E-state index in [2.05, 4.69) is 20.3 Å². The Morgan fingerprint density at radius 2 is 1.91 bits per heavy atom. The van der Waals surface area contributed by atoms with Gasteiger partial charge in [-0.1, -0.05) is 6.92 Å². The number of pyridine rings is 1. The standard InChI is InChI=1S/C16H14F2N4/c1-2-13(11-9-10(17)3-4-12(11)18)21-15-6-5-14-16(22-15)20-8-7-19-14/h3-9,13H,2H2,1H3,(H,20,21,22). The van der Waals surface area contributed by atoms with Gasteiger partial charge in [0.2, 0.25) is 0 Å². The first kappa shape index (κ1) is 14.3. The molecule has 0 amide bonds. The van der Waals surface area contributed by atoms with Gasteiger partial charge >= 0.3 is 0 Å². The summed E-state index contributed by atoms with van der Waals surface area (Å²) in [6, 6.07) is 6.60. The second-order valence-corrected chi connectivity index (χ2v) is 4.87. The molecule has 1 N–H and O–H groups in total. The van der Waals surface area contributed by atoms with E-state index < -0.39 is 11.6 Å². The minimum absolute atomic E-state index is 0.281. The van der Waals surface area contributed by atoms with Crippen molar-refractivity contribution < 1.29 is 8.78 Å². The zero-order valence-corrected chi connectivity index (χ0v) is 11.9. The van der Waals surface area contributed by atoms with Crippen LogP contribution in [0.2, 0.25) is 0 Å². The minimum atomic E-state index is -0.464. The Labute approximate surface area is 126 Å². The molecule has 2 aromatic heterocycles. The van der Waals surface area contributed by atoms with E-state index in [0.717, 1.165) is 12.1 Å². The molecule has 0 aliphatic rings. The number of fused-ring (bicyclic) bond motifs is 1. The van der Waals surface area contributed by atoms with Gasteiger partial charge in [0.25, 0.3) is 0 Å². The molecule has 0 saturated heterocycles. The molecule has 3 rings (SSSR count). The van der Waals surface area contributed by atoms with Crippen molar-refractivity contribution in [1.82, 2.24) is 15.0 Å². The van der Waals surface area contributed by atoms with E-state index in [0.29, 0.717) is 23.4 Å². The highest BCUT2D eigenvalue weighted by molar-refractivity contribution is 5.71. The minimum Gasteiger partial charge on any atom is -0.363 e. The Hall–Kier alpha value is -2.63. The fourth-order valence-corrected chi connectivity index (χ4v) is 2.29. The van der Waals surface area contributed by atoms with E-state index in [1.54, 1.807) is 24.5 Å². The molecule has 6 heteroatoms. The molecule has 0 saturated carbocycles. The van der Waals surface area contributed by atoms with Crippen molar-refractivity contribution >= 4 is 17.0 Å². The molecular weight excluding hydrogens is 286 g/mol. The lowest BCUT2D eigenvalue weighted by atomic mass is 10.0. The molecular formula is C16H14F2N4. The fourth-order valence-electron chi connectivity index (χ4n) is 2.29. The lowest BCUT2D eigenvalue weighted by Crippen LogP contribution is -2.13. The van der Waals surface area contributed by atoms with Crippen molar-refractivity contribution in [3.63, 3.8) is 0 Å². The molecule has 4 nitrogen and oxygen atoms in total. The number of hydrogen-bond acceptors (Lipinski definition) is 4. The third kappa shape index (κ3) is 2.86. The van der Waals surface area contributed by atoms with Crippen LogP contribution in [0.25, 0.3) is 11.2 Å². The second kappa shape index (κ2) is 6.01. The van der Waals surface area contributed by atoms with Crippen LogP contribution in [-0.2, 0) is 0 Å². The maximum Gasteiger partial charge on any atom is 0.180 e. The van der Waals surface area contributed by atoms with Crippen LogP contribution in [-0.4, -0.2) is 15.0 Å². The van der Waals surface area contributed by atoms with Crippen molar-refractivity contribution in [2.45, 2.75) is 19.4 Å². The Morgan fingerprint density at radius 1 is 1.09 bits per heavy atom. The molecule has 112 valence electrons. The summed E-state index contributed by atoms with van der Waals surface area (Å²) in [6.07, 6.45) is 3.73. The van der Waals surface area contributed by atoms with Crippen molar-refractivity contribution in [3.8, 4) is 0 Å². The molecule has 2 heterocycles. The average molecular weight is 300 g/mol. The average Bonchev–Trinajstić information content (AvgIpc) is 2.55. The number of benzene rings is 1. The van der Waals surface area contributed by atoms with Crippen LogP contribution < -0.4 is 5.32 Å². The van der Waals surface area contributed by atoms with Crippen LogP contribution in [0.4, 0.5) is 14.6 Å². The Balaban J connectivity index is 1.92. The number of rotatable bonds is 4. The largest absolute Gasteiger partial charge is 0.363 e. The number of halogens is 2. The molecule has 22 heavy (non-hydrogen) atoms. The van der Waals surface area contributed by atoms with Crippen molar-refractivity contribution in [1.29, 1.82) is 0 Å². The third-order valence-electron chi connectivity index (χ3n) is 3.40. The summed E-state index contributed by atoms with van der Waals surface area (Å²) in [7, 11) is 0. The monoisotopic (exact) mass is 300 g/mol. The van der Waals surface area contributed by atoms with E-state index in [9.17, 15) is 8.78 Å². The number of hydrogen-bond donors (Lipinski definition) is 1.